The first-order valence-corrected chi connectivity index (χ1v) is 7.90. The summed E-state index contributed by atoms with van der Waals surface area (Å²) in [5.41, 5.74) is 1.38. The van der Waals surface area contributed by atoms with Gasteiger partial charge in [0.15, 0.2) is 0 Å². The van der Waals surface area contributed by atoms with E-state index in [4.69, 9.17) is 0 Å². The number of carbonyl (C=O) groups is 2. The molecule has 0 aromatic heterocycles. The molecule has 0 saturated heterocycles. The Morgan fingerprint density at radius 1 is 1.16 bits per heavy atom. The highest BCUT2D eigenvalue weighted by atomic mass is 19.1. The van der Waals surface area contributed by atoms with E-state index >= 15 is 0 Å². The lowest BCUT2D eigenvalue weighted by Gasteiger charge is -2.34. The second kappa shape index (κ2) is 8.28. The number of halogens is 1. The van der Waals surface area contributed by atoms with Gasteiger partial charge in [-0.2, -0.15) is 0 Å². The number of aromatic hydroxyl groups is 1. The Morgan fingerprint density at radius 2 is 1.76 bits per heavy atom. The summed E-state index contributed by atoms with van der Waals surface area (Å²) < 4.78 is 13.3. The van der Waals surface area contributed by atoms with Gasteiger partial charge in [0.25, 0.3) is 0 Å². The third-order valence-electron chi connectivity index (χ3n) is 4.02. The van der Waals surface area contributed by atoms with Crippen molar-refractivity contribution >= 4 is 17.9 Å². The van der Waals surface area contributed by atoms with Crippen molar-refractivity contribution in [3.8, 4) is 5.75 Å². The van der Waals surface area contributed by atoms with E-state index in [2.05, 4.69) is 0 Å². The summed E-state index contributed by atoms with van der Waals surface area (Å²) in [6, 6.07) is 11.7. The lowest BCUT2D eigenvalue weighted by Crippen LogP contribution is -2.35. The molecule has 2 atom stereocenters. The molecule has 0 amide bonds. The van der Waals surface area contributed by atoms with Crippen molar-refractivity contribution < 1.29 is 24.2 Å². The van der Waals surface area contributed by atoms with Crippen molar-refractivity contribution in [1.29, 1.82) is 0 Å². The largest absolute Gasteiger partial charge is 0.508 e. The molecule has 0 saturated carbocycles. The monoisotopic (exact) mass is 345 g/mol. The highest BCUT2D eigenvalue weighted by molar-refractivity contribution is 5.71. The van der Waals surface area contributed by atoms with Crippen LogP contribution >= 0.6 is 0 Å². The van der Waals surface area contributed by atoms with Crippen molar-refractivity contribution in [2.45, 2.75) is 19.4 Å². The van der Waals surface area contributed by atoms with Crippen LogP contribution in [0, 0.1) is 11.7 Å². The first-order chi connectivity index (χ1) is 11.9. The molecule has 0 fully saturated rings. The predicted octanol–water partition coefficient (Wildman–Crippen LogP) is 3.39. The highest BCUT2D eigenvalue weighted by Crippen LogP contribution is 2.31. The van der Waals surface area contributed by atoms with Gasteiger partial charge in [-0.05, 0) is 42.0 Å². The Labute approximate surface area is 145 Å². The standard InChI is InChI=1S/C19H20FNO4/c1-13(19(24)25)12-21(16-6-4-15(20)5-7-16)18(10-11-22)14-2-8-17(23)9-3-14/h2-9,11,13,18,23H,10,12H2,1H3,(H,24,25). The fourth-order valence-corrected chi connectivity index (χ4v) is 2.65. The number of carbonyl (C=O) groups excluding carboxylic acids is 1. The zero-order valence-corrected chi connectivity index (χ0v) is 13.8. The van der Waals surface area contributed by atoms with E-state index in [1.165, 1.54) is 24.3 Å². The summed E-state index contributed by atoms with van der Waals surface area (Å²) in [5, 5.41) is 18.7. The van der Waals surface area contributed by atoms with Gasteiger partial charge in [0.2, 0.25) is 0 Å². The van der Waals surface area contributed by atoms with Crippen LogP contribution in [0.15, 0.2) is 48.5 Å². The Balaban J connectivity index is 2.44. The van der Waals surface area contributed by atoms with Gasteiger partial charge >= 0.3 is 5.97 Å². The fourth-order valence-electron chi connectivity index (χ4n) is 2.65. The molecular weight excluding hydrogens is 325 g/mol. The quantitative estimate of drug-likeness (QED) is 0.717. The van der Waals surface area contributed by atoms with E-state index in [1.54, 1.807) is 36.1 Å². The zero-order chi connectivity index (χ0) is 18.4. The Hall–Kier alpha value is -2.89. The van der Waals surface area contributed by atoms with Crippen LogP contribution in [0.4, 0.5) is 10.1 Å². The first-order valence-electron chi connectivity index (χ1n) is 7.90. The maximum absolute atomic E-state index is 13.3. The molecule has 2 aromatic rings. The molecule has 0 radical (unpaired) electrons. The highest BCUT2D eigenvalue weighted by Gasteiger charge is 2.25. The number of phenolic OH excluding ortho intramolecular Hbond substituents is 1. The molecule has 0 aliphatic carbocycles. The van der Waals surface area contributed by atoms with Crippen molar-refractivity contribution in [1.82, 2.24) is 0 Å². The number of benzene rings is 2. The minimum absolute atomic E-state index is 0.0980. The smallest absolute Gasteiger partial charge is 0.308 e. The van der Waals surface area contributed by atoms with E-state index in [0.717, 1.165) is 11.8 Å². The topological polar surface area (TPSA) is 77.8 Å². The number of nitrogens with zero attached hydrogens (tertiary/aromatic N) is 1. The van der Waals surface area contributed by atoms with Crippen LogP contribution in [-0.2, 0) is 9.59 Å². The molecule has 132 valence electrons. The molecule has 2 unspecified atom stereocenters. The molecule has 0 aliphatic rings. The summed E-state index contributed by atoms with van der Waals surface area (Å²) in [7, 11) is 0. The van der Waals surface area contributed by atoms with Gasteiger partial charge < -0.3 is 19.9 Å². The lowest BCUT2D eigenvalue weighted by molar-refractivity contribution is -0.140. The molecule has 5 nitrogen and oxygen atoms in total. The number of anilines is 1. The lowest BCUT2D eigenvalue weighted by atomic mass is 9.99. The number of carboxylic acid groups (broad SMARTS) is 1. The van der Waals surface area contributed by atoms with E-state index in [-0.39, 0.29) is 18.7 Å². The van der Waals surface area contributed by atoms with Crippen LogP contribution in [0.5, 0.6) is 5.75 Å². The summed E-state index contributed by atoms with van der Waals surface area (Å²) in [5.74, 6) is -1.94. The van der Waals surface area contributed by atoms with Gasteiger partial charge in [-0.1, -0.05) is 19.1 Å². The molecule has 2 rings (SSSR count). The maximum Gasteiger partial charge on any atom is 0.308 e. The predicted molar refractivity (Wildman–Crippen MR) is 92.1 cm³/mol. The number of rotatable bonds is 8. The van der Waals surface area contributed by atoms with Crippen LogP contribution in [0.2, 0.25) is 0 Å². The molecule has 0 heterocycles. The van der Waals surface area contributed by atoms with Crippen molar-refractivity contribution in [2.75, 3.05) is 11.4 Å². The summed E-state index contributed by atoms with van der Waals surface area (Å²) in [4.78, 5) is 24.3. The fraction of sp³-hybridized carbons (Fsp3) is 0.263. The molecule has 6 heteroatoms. The third-order valence-corrected chi connectivity index (χ3v) is 4.02. The number of carboxylic acids is 1. The van der Waals surface area contributed by atoms with Crippen LogP contribution in [0.25, 0.3) is 0 Å². The van der Waals surface area contributed by atoms with Gasteiger partial charge in [-0.25, -0.2) is 4.39 Å². The average molecular weight is 345 g/mol. The average Bonchev–Trinajstić information content (AvgIpc) is 2.59. The Bertz CT molecular complexity index is 715. The van der Waals surface area contributed by atoms with Gasteiger partial charge in [0.1, 0.15) is 17.9 Å². The minimum atomic E-state index is -0.956. The SMILES string of the molecule is CC(CN(c1ccc(F)cc1)C(CC=O)c1ccc(O)cc1)C(=O)O. The normalized spacial score (nSPS) is 13.0. The first kappa shape index (κ1) is 18.4. The van der Waals surface area contributed by atoms with Crippen LogP contribution in [0.1, 0.15) is 24.9 Å². The van der Waals surface area contributed by atoms with E-state index in [0.29, 0.717) is 5.69 Å². The number of aldehydes is 1. The molecular formula is C19H20FNO4. The maximum atomic E-state index is 13.3. The summed E-state index contributed by atoms with van der Waals surface area (Å²) in [6.45, 7) is 1.73. The number of aliphatic carboxylic acids is 1. The van der Waals surface area contributed by atoms with E-state index in [1.807, 2.05) is 0 Å². The molecule has 2 aromatic carbocycles. The zero-order valence-electron chi connectivity index (χ0n) is 13.8. The van der Waals surface area contributed by atoms with E-state index < -0.39 is 23.7 Å². The molecule has 0 bridgehead atoms. The number of hydrogen-bond acceptors (Lipinski definition) is 4. The van der Waals surface area contributed by atoms with E-state index in [9.17, 15) is 24.2 Å². The third kappa shape index (κ3) is 4.79. The minimum Gasteiger partial charge on any atom is -0.508 e. The molecule has 0 spiro atoms. The number of hydrogen-bond donors (Lipinski definition) is 2. The summed E-state index contributed by atoms with van der Waals surface area (Å²) >= 11 is 0. The van der Waals surface area contributed by atoms with Gasteiger partial charge in [0.05, 0.1) is 12.0 Å². The van der Waals surface area contributed by atoms with Crippen molar-refractivity contribution in [3.63, 3.8) is 0 Å². The molecule has 2 N–H and O–H groups in total. The second-order valence-corrected chi connectivity index (χ2v) is 5.88. The Morgan fingerprint density at radius 3 is 2.28 bits per heavy atom. The second-order valence-electron chi connectivity index (χ2n) is 5.88. The van der Waals surface area contributed by atoms with Gasteiger partial charge in [-0.3, -0.25) is 4.79 Å². The number of phenols is 1. The van der Waals surface area contributed by atoms with Crippen molar-refractivity contribution in [2.24, 2.45) is 5.92 Å². The van der Waals surface area contributed by atoms with Gasteiger partial charge in [-0.15, -0.1) is 0 Å². The van der Waals surface area contributed by atoms with Crippen molar-refractivity contribution in [3.05, 3.63) is 59.9 Å². The van der Waals surface area contributed by atoms with Crippen LogP contribution in [-0.4, -0.2) is 29.0 Å². The Kier molecular flexibility index (Phi) is 6.11. The molecule has 0 aliphatic heterocycles. The van der Waals surface area contributed by atoms with Gasteiger partial charge in [0, 0.05) is 18.7 Å². The van der Waals surface area contributed by atoms with Crippen LogP contribution in [0.3, 0.4) is 0 Å². The molecule has 25 heavy (non-hydrogen) atoms. The van der Waals surface area contributed by atoms with Crippen LogP contribution < -0.4 is 4.90 Å². The summed E-state index contributed by atoms with van der Waals surface area (Å²) in [6.07, 6.45) is 0.897.